The number of rotatable bonds is 4. The summed E-state index contributed by atoms with van der Waals surface area (Å²) in [6.07, 6.45) is 0. The number of benzene rings is 1. The number of alkyl halides is 1. The van der Waals surface area contributed by atoms with Gasteiger partial charge in [0, 0.05) is 10.6 Å². The van der Waals surface area contributed by atoms with Gasteiger partial charge < -0.3 is 4.74 Å². The van der Waals surface area contributed by atoms with Crippen LogP contribution in [0.25, 0.3) is 0 Å². The molecule has 2 nitrogen and oxygen atoms in total. The van der Waals surface area contributed by atoms with E-state index in [0.29, 0.717) is 28.3 Å². The van der Waals surface area contributed by atoms with Crippen LogP contribution in [0.4, 0.5) is 0 Å². The molecule has 0 heterocycles. The van der Waals surface area contributed by atoms with E-state index in [-0.39, 0.29) is 5.78 Å². The molecular weight excluding hydrogens is 267 g/mol. The van der Waals surface area contributed by atoms with Gasteiger partial charge in [0.1, 0.15) is 5.75 Å². The summed E-state index contributed by atoms with van der Waals surface area (Å²) in [5, 5.41) is 0.805. The number of halogens is 2. The zero-order chi connectivity index (χ0) is 10.6. The summed E-state index contributed by atoms with van der Waals surface area (Å²) >= 11 is 8.95. The van der Waals surface area contributed by atoms with Gasteiger partial charge in [-0.3, -0.25) is 4.79 Å². The molecule has 1 aromatic rings. The van der Waals surface area contributed by atoms with E-state index in [9.17, 15) is 4.79 Å². The zero-order valence-electron chi connectivity index (χ0n) is 7.72. The molecule has 0 N–H and O–H groups in total. The molecule has 0 aromatic heterocycles. The van der Waals surface area contributed by atoms with Crippen LogP contribution in [0.2, 0.25) is 5.02 Å². The van der Waals surface area contributed by atoms with Gasteiger partial charge in [0.25, 0.3) is 0 Å². The van der Waals surface area contributed by atoms with Crippen molar-refractivity contribution in [2.45, 2.75) is 6.92 Å². The van der Waals surface area contributed by atoms with Crippen molar-refractivity contribution in [2.75, 3.05) is 11.9 Å². The lowest BCUT2D eigenvalue weighted by Crippen LogP contribution is -2.01. The minimum atomic E-state index is -0.00606. The summed E-state index contributed by atoms with van der Waals surface area (Å²) in [4.78, 5) is 11.4. The third kappa shape index (κ3) is 3.00. The second kappa shape index (κ2) is 5.37. The van der Waals surface area contributed by atoms with E-state index in [1.807, 2.05) is 6.92 Å². The summed E-state index contributed by atoms with van der Waals surface area (Å²) in [5.74, 6) is 0.623. The van der Waals surface area contributed by atoms with Crippen LogP contribution in [0.15, 0.2) is 18.2 Å². The number of ether oxygens (including phenoxy) is 1. The summed E-state index contributed by atoms with van der Waals surface area (Å²) in [7, 11) is 0. The maximum atomic E-state index is 11.4. The molecule has 1 aromatic carbocycles. The minimum absolute atomic E-state index is 0.00606. The molecular formula is C10H10BrClO2. The first-order valence-corrected chi connectivity index (χ1v) is 5.70. The van der Waals surface area contributed by atoms with Gasteiger partial charge in [-0.2, -0.15) is 0 Å². The fraction of sp³-hybridized carbons (Fsp3) is 0.300. The first-order chi connectivity index (χ1) is 6.67. The van der Waals surface area contributed by atoms with E-state index < -0.39 is 0 Å². The van der Waals surface area contributed by atoms with E-state index in [0.717, 1.165) is 0 Å². The fourth-order valence-corrected chi connectivity index (χ4v) is 1.60. The topological polar surface area (TPSA) is 26.3 Å². The van der Waals surface area contributed by atoms with Crippen LogP contribution in [0.3, 0.4) is 0 Å². The van der Waals surface area contributed by atoms with Crippen molar-refractivity contribution in [3.63, 3.8) is 0 Å². The molecule has 76 valence electrons. The van der Waals surface area contributed by atoms with Crippen LogP contribution < -0.4 is 4.74 Å². The highest BCUT2D eigenvalue weighted by molar-refractivity contribution is 9.09. The Kier molecular flexibility index (Phi) is 4.42. The first kappa shape index (κ1) is 11.5. The average Bonchev–Trinajstić information content (AvgIpc) is 2.16. The normalized spacial score (nSPS) is 9.93. The molecule has 0 radical (unpaired) electrons. The van der Waals surface area contributed by atoms with Crippen LogP contribution in [0.1, 0.15) is 17.3 Å². The molecule has 0 atom stereocenters. The smallest absolute Gasteiger partial charge is 0.173 e. The Morgan fingerprint density at radius 3 is 2.79 bits per heavy atom. The second-order valence-electron chi connectivity index (χ2n) is 2.67. The first-order valence-electron chi connectivity index (χ1n) is 4.20. The monoisotopic (exact) mass is 276 g/mol. The maximum Gasteiger partial charge on any atom is 0.173 e. The van der Waals surface area contributed by atoms with Crippen molar-refractivity contribution in [1.29, 1.82) is 0 Å². The predicted octanol–water partition coefficient (Wildman–Crippen LogP) is 3.32. The van der Waals surface area contributed by atoms with Crippen LogP contribution in [-0.2, 0) is 0 Å². The Morgan fingerprint density at radius 2 is 2.21 bits per heavy atom. The Morgan fingerprint density at radius 1 is 1.50 bits per heavy atom. The number of carbonyl (C=O) groups is 1. The molecule has 0 amide bonds. The van der Waals surface area contributed by atoms with Crippen molar-refractivity contribution in [1.82, 2.24) is 0 Å². The number of Topliss-reactive ketones (excluding diaryl/α,β-unsaturated/α-hetero) is 1. The molecule has 14 heavy (non-hydrogen) atoms. The highest BCUT2D eigenvalue weighted by atomic mass is 79.9. The van der Waals surface area contributed by atoms with Gasteiger partial charge in [-0.1, -0.05) is 27.5 Å². The van der Waals surface area contributed by atoms with Crippen molar-refractivity contribution < 1.29 is 9.53 Å². The van der Waals surface area contributed by atoms with Crippen LogP contribution in [-0.4, -0.2) is 17.7 Å². The highest BCUT2D eigenvalue weighted by Gasteiger charge is 2.07. The summed E-state index contributed by atoms with van der Waals surface area (Å²) in [6, 6.07) is 5.02. The minimum Gasteiger partial charge on any atom is -0.494 e. The molecule has 0 aliphatic heterocycles. The number of carbonyl (C=O) groups excluding carboxylic acids is 1. The van der Waals surface area contributed by atoms with E-state index in [1.165, 1.54) is 0 Å². The molecule has 0 aliphatic rings. The third-order valence-electron chi connectivity index (χ3n) is 1.63. The molecule has 0 saturated heterocycles. The van der Waals surface area contributed by atoms with Crippen molar-refractivity contribution in [2.24, 2.45) is 0 Å². The fourth-order valence-electron chi connectivity index (χ4n) is 1.05. The van der Waals surface area contributed by atoms with Gasteiger partial charge >= 0.3 is 0 Å². The van der Waals surface area contributed by atoms with Crippen molar-refractivity contribution >= 4 is 33.3 Å². The Balaban J connectivity index is 3.00. The molecule has 4 heteroatoms. The second-order valence-corrected chi connectivity index (χ2v) is 3.66. The summed E-state index contributed by atoms with van der Waals surface area (Å²) in [5.41, 5.74) is 0.567. The van der Waals surface area contributed by atoms with Crippen LogP contribution >= 0.6 is 27.5 Å². The molecule has 0 aliphatic carbocycles. The lowest BCUT2D eigenvalue weighted by atomic mass is 10.1. The molecule has 0 saturated carbocycles. The molecule has 0 spiro atoms. The van der Waals surface area contributed by atoms with Gasteiger partial charge in [-0.05, 0) is 25.1 Å². The SMILES string of the molecule is CCOc1cc(Cl)cc(C(=O)CBr)c1. The van der Waals surface area contributed by atoms with E-state index in [2.05, 4.69) is 15.9 Å². The van der Waals surface area contributed by atoms with Crippen molar-refractivity contribution in [3.05, 3.63) is 28.8 Å². The molecule has 0 unspecified atom stereocenters. The summed E-state index contributed by atoms with van der Waals surface area (Å²) < 4.78 is 5.27. The Hall–Kier alpha value is -0.540. The standard InChI is InChI=1S/C10H10BrClO2/c1-2-14-9-4-7(10(13)6-11)3-8(12)5-9/h3-5H,2,6H2,1H3. The summed E-state index contributed by atoms with van der Waals surface area (Å²) in [6.45, 7) is 2.44. The quantitative estimate of drug-likeness (QED) is 0.623. The number of hydrogen-bond donors (Lipinski definition) is 0. The third-order valence-corrected chi connectivity index (χ3v) is 2.35. The lowest BCUT2D eigenvalue weighted by molar-refractivity contribution is 0.102. The Bertz CT molecular complexity index is 339. The van der Waals surface area contributed by atoms with Gasteiger partial charge in [-0.25, -0.2) is 0 Å². The van der Waals surface area contributed by atoms with E-state index >= 15 is 0 Å². The predicted molar refractivity (Wildman–Crippen MR) is 60.7 cm³/mol. The zero-order valence-corrected chi connectivity index (χ0v) is 10.1. The maximum absolute atomic E-state index is 11.4. The van der Waals surface area contributed by atoms with Crippen LogP contribution in [0, 0.1) is 0 Å². The van der Waals surface area contributed by atoms with Gasteiger partial charge in [-0.15, -0.1) is 0 Å². The van der Waals surface area contributed by atoms with Gasteiger partial charge in [0.05, 0.1) is 11.9 Å². The number of ketones is 1. The van der Waals surface area contributed by atoms with Gasteiger partial charge in [0.2, 0.25) is 0 Å². The lowest BCUT2D eigenvalue weighted by Gasteiger charge is -2.05. The van der Waals surface area contributed by atoms with E-state index in [1.54, 1.807) is 18.2 Å². The molecule has 0 bridgehead atoms. The van der Waals surface area contributed by atoms with Gasteiger partial charge in [0.15, 0.2) is 5.78 Å². The average molecular weight is 278 g/mol. The highest BCUT2D eigenvalue weighted by Crippen LogP contribution is 2.21. The Labute approximate surface area is 96.3 Å². The van der Waals surface area contributed by atoms with E-state index in [4.69, 9.17) is 16.3 Å². The van der Waals surface area contributed by atoms with Crippen molar-refractivity contribution in [3.8, 4) is 5.75 Å². The molecule has 1 rings (SSSR count). The van der Waals surface area contributed by atoms with Crippen LogP contribution in [0.5, 0.6) is 5.75 Å². The largest absolute Gasteiger partial charge is 0.494 e. The molecule has 0 fully saturated rings. The number of hydrogen-bond acceptors (Lipinski definition) is 2.